The predicted molar refractivity (Wildman–Crippen MR) is 113 cm³/mol. The van der Waals surface area contributed by atoms with Crippen LogP contribution in [0.15, 0.2) is 22.7 Å². The minimum absolute atomic E-state index is 0.0822. The molecule has 2 saturated heterocycles. The number of hydrogen-bond acceptors (Lipinski definition) is 7. The van der Waals surface area contributed by atoms with Gasteiger partial charge in [0.2, 0.25) is 11.8 Å². The normalized spacial score (nSPS) is 19.6. The number of amides is 1. The molecule has 0 aliphatic carbocycles. The second-order valence-corrected chi connectivity index (χ2v) is 8.88. The molecule has 0 unspecified atom stereocenters. The lowest BCUT2D eigenvalue weighted by atomic mass is 9.98. The van der Waals surface area contributed by atoms with Gasteiger partial charge in [0.05, 0.1) is 12.5 Å². The summed E-state index contributed by atoms with van der Waals surface area (Å²) in [6.45, 7) is 5.55. The van der Waals surface area contributed by atoms with Crippen LogP contribution in [0.2, 0.25) is 0 Å². The Balaban J connectivity index is 1.07. The number of hydrogen-bond donors (Lipinski definition) is 0. The van der Waals surface area contributed by atoms with Crippen LogP contribution in [0.1, 0.15) is 41.6 Å². The molecule has 2 aromatic rings. The Morgan fingerprint density at radius 2 is 2.06 bits per heavy atom. The Kier molecular flexibility index (Phi) is 5.91. The molecule has 4 heterocycles. The Hall–Kier alpha value is -2.45. The smallest absolute Gasteiger partial charge is 0.232 e. The summed E-state index contributed by atoms with van der Waals surface area (Å²) < 4.78 is 16.4. The van der Waals surface area contributed by atoms with Crippen molar-refractivity contribution in [1.82, 2.24) is 19.9 Å². The number of aromatic nitrogens is 2. The summed E-state index contributed by atoms with van der Waals surface area (Å²) in [4.78, 5) is 21.3. The topological polar surface area (TPSA) is 80.9 Å². The summed E-state index contributed by atoms with van der Waals surface area (Å²) in [5.74, 6) is 2.99. The molecule has 0 radical (unpaired) electrons. The van der Waals surface area contributed by atoms with Gasteiger partial charge in [-0.3, -0.25) is 9.69 Å². The number of benzene rings is 1. The Morgan fingerprint density at radius 1 is 1.23 bits per heavy atom. The standard InChI is InChI=1S/C23H30N4O4/c1-26(23(28)17-5-9-29-10-6-17)8-4-21-24-22(31-25-21)19-14-27(15-19)13-16-2-3-20-18(12-16)7-11-30-20/h2-3,12,17,19H,4-11,13-15H2,1H3. The monoisotopic (exact) mass is 426 g/mol. The molecule has 8 heteroatoms. The molecule has 2 fully saturated rings. The van der Waals surface area contributed by atoms with E-state index in [9.17, 15) is 4.79 Å². The summed E-state index contributed by atoms with van der Waals surface area (Å²) in [7, 11) is 1.85. The molecule has 8 nitrogen and oxygen atoms in total. The molecule has 3 aliphatic heterocycles. The fourth-order valence-electron chi connectivity index (χ4n) is 4.62. The number of likely N-dealkylation sites (tertiary alicyclic amines) is 1. The van der Waals surface area contributed by atoms with Crippen molar-refractivity contribution in [3.05, 3.63) is 41.0 Å². The van der Waals surface area contributed by atoms with Crippen LogP contribution in [0.5, 0.6) is 5.75 Å². The first-order valence-corrected chi connectivity index (χ1v) is 11.3. The molecule has 1 aromatic carbocycles. The molecule has 0 atom stereocenters. The Bertz CT molecular complexity index is 918. The Labute approximate surface area is 182 Å². The van der Waals surface area contributed by atoms with E-state index in [1.165, 1.54) is 11.1 Å². The van der Waals surface area contributed by atoms with Crippen LogP contribution in [0.4, 0.5) is 0 Å². The highest BCUT2D eigenvalue weighted by Crippen LogP contribution is 2.30. The number of nitrogens with zero attached hydrogens (tertiary/aromatic N) is 4. The number of carbonyl (C=O) groups excluding carboxylic acids is 1. The second kappa shape index (κ2) is 8.96. The molecule has 31 heavy (non-hydrogen) atoms. The van der Waals surface area contributed by atoms with Gasteiger partial charge in [-0.05, 0) is 30.0 Å². The van der Waals surface area contributed by atoms with Gasteiger partial charge >= 0.3 is 0 Å². The third kappa shape index (κ3) is 4.60. The van der Waals surface area contributed by atoms with E-state index in [-0.39, 0.29) is 11.8 Å². The van der Waals surface area contributed by atoms with Crippen molar-refractivity contribution in [2.75, 3.05) is 46.5 Å². The molecule has 0 saturated carbocycles. The fraction of sp³-hybridized carbons (Fsp3) is 0.609. The highest BCUT2D eigenvalue weighted by Gasteiger charge is 2.33. The lowest BCUT2D eigenvalue weighted by Gasteiger charge is -2.37. The van der Waals surface area contributed by atoms with E-state index in [0.29, 0.717) is 43.8 Å². The summed E-state index contributed by atoms with van der Waals surface area (Å²) in [6.07, 6.45) is 3.24. The maximum Gasteiger partial charge on any atom is 0.232 e. The minimum atomic E-state index is 0.0822. The fourth-order valence-corrected chi connectivity index (χ4v) is 4.62. The maximum atomic E-state index is 12.5. The minimum Gasteiger partial charge on any atom is -0.493 e. The summed E-state index contributed by atoms with van der Waals surface area (Å²) in [6, 6.07) is 6.50. The highest BCUT2D eigenvalue weighted by atomic mass is 16.5. The van der Waals surface area contributed by atoms with Crippen molar-refractivity contribution in [1.29, 1.82) is 0 Å². The SMILES string of the molecule is CN(CCc1noc(C2CN(Cc3ccc4c(c3)CCO4)C2)n1)C(=O)C1CCOCC1. The average molecular weight is 427 g/mol. The lowest BCUT2D eigenvalue weighted by Crippen LogP contribution is -2.44. The van der Waals surface area contributed by atoms with E-state index >= 15 is 0 Å². The zero-order valence-electron chi connectivity index (χ0n) is 18.1. The van der Waals surface area contributed by atoms with Gasteiger partial charge in [0, 0.05) is 65.2 Å². The van der Waals surface area contributed by atoms with E-state index in [0.717, 1.165) is 51.3 Å². The van der Waals surface area contributed by atoms with Crippen LogP contribution in [-0.4, -0.2) is 72.4 Å². The number of rotatable bonds is 7. The summed E-state index contributed by atoms with van der Waals surface area (Å²) >= 11 is 0. The first-order valence-electron chi connectivity index (χ1n) is 11.3. The number of ether oxygens (including phenoxy) is 2. The summed E-state index contributed by atoms with van der Waals surface area (Å²) in [5.41, 5.74) is 2.64. The number of likely N-dealkylation sites (N-methyl/N-ethyl adjacent to an activating group) is 1. The van der Waals surface area contributed by atoms with Crippen LogP contribution in [0, 0.1) is 5.92 Å². The van der Waals surface area contributed by atoms with Crippen LogP contribution in [0.3, 0.4) is 0 Å². The number of fused-ring (bicyclic) bond motifs is 1. The molecule has 0 bridgehead atoms. The van der Waals surface area contributed by atoms with Gasteiger partial charge in [0.1, 0.15) is 5.75 Å². The zero-order valence-corrected chi connectivity index (χ0v) is 18.1. The van der Waals surface area contributed by atoms with Crippen LogP contribution in [0.25, 0.3) is 0 Å². The maximum absolute atomic E-state index is 12.5. The van der Waals surface area contributed by atoms with Crippen LogP contribution in [-0.2, 0) is 28.9 Å². The van der Waals surface area contributed by atoms with Crippen molar-refractivity contribution in [2.45, 2.75) is 38.1 Å². The van der Waals surface area contributed by atoms with Crippen molar-refractivity contribution < 1.29 is 18.8 Å². The quantitative estimate of drug-likeness (QED) is 0.670. The molecular formula is C23H30N4O4. The first-order chi connectivity index (χ1) is 15.2. The van der Waals surface area contributed by atoms with E-state index in [1.54, 1.807) is 4.90 Å². The van der Waals surface area contributed by atoms with Crippen LogP contribution >= 0.6 is 0 Å². The lowest BCUT2D eigenvalue weighted by molar-refractivity contribution is -0.137. The first kappa shape index (κ1) is 20.5. The largest absolute Gasteiger partial charge is 0.493 e. The third-order valence-corrected chi connectivity index (χ3v) is 6.57. The van der Waals surface area contributed by atoms with Gasteiger partial charge in [-0.15, -0.1) is 0 Å². The molecule has 1 aromatic heterocycles. The van der Waals surface area contributed by atoms with E-state index < -0.39 is 0 Å². The van der Waals surface area contributed by atoms with Crippen molar-refractivity contribution in [2.24, 2.45) is 5.92 Å². The molecule has 0 spiro atoms. The van der Waals surface area contributed by atoms with Crippen molar-refractivity contribution in [3.8, 4) is 5.75 Å². The van der Waals surface area contributed by atoms with Gasteiger partial charge in [0.25, 0.3) is 0 Å². The van der Waals surface area contributed by atoms with E-state index in [1.807, 2.05) is 7.05 Å². The molecule has 166 valence electrons. The molecule has 0 N–H and O–H groups in total. The highest BCUT2D eigenvalue weighted by molar-refractivity contribution is 5.78. The van der Waals surface area contributed by atoms with Gasteiger partial charge < -0.3 is 18.9 Å². The molecule has 5 rings (SSSR count). The van der Waals surface area contributed by atoms with Gasteiger partial charge in [0.15, 0.2) is 5.82 Å². The van der Waals surface area contributed by atoms with Gasteiger partial charge in [-0.1, -0.05) is 17.3 Å². The van der Waals surface area contributed by atoms with Crippen molar-refractivity contribution in [3.63, 3.8) is 0 Å². The average Bonchev–Trinajstić information content (AvgIpc) is 3.43. The van der Waals surface area contributed by atoms with Crippen molar-refractivity contribution >= 4 is 5.91 Å². The predicted octanol–water partition coefficient (Wildman–Crippen LogP) is 2.03. The van der Waals surface area contributed by atoms with E-state index in [4.69, 9.17) is 14.0 Å². The zero-order chi connectivity index (χ0) is 21.2. The molecule has 1 amide bonds. The second-order valence-electron chi connectivity index (χ2n) is 8.88. The summed E-state index contributed by atoms with van der Waals surface area (Å²) in [5, 5.41) is 4.13. The van der Waals surface area contributed by atoms with Crippen LogP contribution < -0.4 is 4.74 Å². The third-order valence-electron chi connectivity index (χ3n) is 6.57. The molecule has 3 aliphatic rings. The number of carbonyl (C=O) groups is 1. The van der Waals surface area contributed by atoms with Gasteiger partial charge in [-0.25, -0.2) is 0 Å². The van der Waals surface area contributed by atoms with E-state index in [2.05, 4.69) is 33.2 Å². The Morgan fingerprint density at radius 3 is 2.90 bits per heavy atom. The van der Waals surface area contributed by atoms with Gasteiger partial charge in [-0.2, -0.15) is 4.98 Å². The molecular weight excluding hydrogens is 396 g/mol.